The molecule has 1 amide bonds. The molecule has 4 rings (SSSR count). The van der Waals surface area contributed by atoms with Crippen molar-refractivity contribution in [3.63, 3.8) is 0 Å². The lowest BCUT2D eigenvalue weighted by Gasteiger charge is -2.23. The number of hydrogen-bond donors (Lipinski definition) is 3. The van der Waals surface area contributed by atoms with Crippen molar-refractivity contribution in [1.82, 2.24) is 0 Å². The highest BCUT2D eigenvalue weighted by molar-refractivity contribution is 6.15. The first-order valence-corrected chi connectivity index (χ1v) is 11.0. The lowest BCUT2D eigenvalue weighted by atomic mass is 9.84. The van der Waals surface area contributed by atoms with Gasteiger partial charge in [0.05, 0.1) is 5.56 Å². The Morgan fingerprint density at radius 1 is 0.667 bits per heavy atom. The smallest absolute Gasteiger partial charge is 0.256 e. The predicted octanol–water partition coefficient (Wildman–Crippen LogP) is 6.67. The molecule has 33 heavy (non-hydrogen) atoms. The van der Waals surface area contributed by atoms with Gasteiger partial charge < -0.3 is 16.8 Å². The second kappa shape index (κ2) is 8.83. The molecule has 0 saturated carbocycles. The highest BCUT2D eigenvalue weighted by Crippen LogP contribution is 2.41. The number of hydrogen-bond acceptors (Lipinski definition) is 3. The van der Waals surface area contributed by atoms with E-state index >= 15 is 0 Å². The van der Waals surface area contributed by atoms with Gasteiger partial charge in [-0.05, 0) is 73.2 Å². The molecule has 0 saturated heterocycles. The quantitative estimate of drug-likeness (QED) is 0.313. The Kier molecular flexibility index (Phi) is 5.93. The number of aryl methyl sites for hydroxylation is 2. The Morgan fingerprint density at radius 2 is 1.09 bits per heavy atom. The van der Waals surface area contributed by atoms with Crippen molar-refractivity contribution in [3.8, 4) is 22.3 Å². The molecule has 0 aliphatic carbocycles. The summed E-state index contributed by atoms with van der Waals surface area (Å²) in [5, 5.41) is 3.13. The van der Waals surface area contributed by atoms with Crippen LogP contribution in [-0.4, -0.2) is 5.91 Å². The number of carbonyl (C=O) groups excluding carboxylic acids is 1. The van der Waals surface area contributed by atoms with Crippen molar-refractivity contribution in [3.05, 3.63) is 101 Å². The summed E-state index contributed by atoms with van der Waals surface area (Å²) in [7, 11) is 0. The van der Waals surface area contributed by atoms with Crippen LogP contribution >= 0.6 is 0 Å². The van der Waals surface area contributed by atoms with Crippen molar-refractivity contribution in [2.24, 2.45) is 0 Å². The summed E-state index contributed by atoms with van der Waals surface area (Å²) in [5.74, 6) is -0.178. The third-order valence-electron chi connectivity index (χ3n) is 6.26. The number of anilines is 3. The van der Waals surface area contributed by atoms with Gasteiger partial charge in [-0.15, -0.1) is 0 Å². The third kappa shape index (κ3) is 4.08. The van der Waals surface area contributed by atoms with E-state index in [1.165, 1.54) is 0 Å². The van der Waals surface area contributed by atoms with Crippen LogP contribution in [0.2, 0.25) is 0 Å². The Bertz CT molecular complexity index is 1250. The van der Waals surface area contributed by atoms with Crippen LogP contribution in [0.25, 0.3) is 22.3 Å². The van der Waals surface area contributed by atoms with Crippen LogP contribution in [0.15, 0.2) is 72.8 Å². The highest BCUT2D eigenvalue weighted by Gasteiger charge is 2.25. The topological polar surface area (TPSA) is 81.1 Å². The van der Waals surface area contributed by atoms with Crippen LogP contribution in [0.1, 0.15) is 32.6 Å². The highest BCUT2D eigenvalue weighted by atomic mass is 16.1. The molecule has 0 bridgehead atoms. The minimum absolute atomic E-state index is 0.178. The number of nitrogens with one attached hydrogen (secondary N) is 1. The molecule has 0 radical (unpaired) electrons. The second-order valence-electron chi connectivity index (χ2n) is 8.50. The van der Waals surface area contributed by atoms with Gasteiger partial charge in [-0.1, -0.05) is 60.7 Å². The van der Waals surface area contributed by atoms with Gasteiger partial charge >= 0.3 is 0 Å². The summed E-state index contributed by atoms with van der Waals surface area (Å²) >= 11 is 0. The summed E-state index contributed by atoms with van der Waals surface area (Å²) in [6.07, 6.45) is 0. The first kappa shape index (κ1) is 22.2. The predicted molar refractivity (Wildman–Crippen MR) is 139 cm³/mol. The molecule has 4 aromatic carbocycles. The number of rotatable bonds is 4. The van der Waals surface area contributed by atoms with E-state index in [1.807, 2.05) is 100 Å². The average molecular weight is 436 g/mol. The summed E-state index contributed by atoms with van der Waals surface area (Å²) in [5.41, 5.74) is 22.7. The molecule has 0 heterocycles. The summed E-state index contributed by atoms with van der Waals surface area (Å²) in [6, 6.07) is 23.7. The standard InChI is InChI=1S/C29H29N3O/c1-17-15-23(16-18(2)27(17)30)32-29(33)26-24(21-11-7-5-8-12-21)19(3)28(31)20(4)25(26)22-13-9-6-10-14-22/h5-16H,30-31H2,1-4H3,(H,32,33). The molecule has 0 aliphatic rings. The second-order valence-corrected chi connectivity index (χ2v) is 8.50. The van der Waals surface area contributed by atoms with E-state index in [0.717, 1.165) is 50.2 Å². The minimum atomic E-state index is -0.178. The molecule has 0 spiro atoms. The van der Waals surface area contributed by atoms with Crippen LogP contribution in [0.4, 0.5) is 17.1 Å². The number of benzene rings is 4. The maximum absolute atomic E-state index is 13.9. The Hall–Kier alpha value is -4.05. The van der Waals surface area contributed by atoms with E-state index < -0.39 is 0 Å². The van der Waals surface area contributed by atoms with Crippen molar-refractivity contribution < 1.29 is 4.79 Å². The van der Waals surface area contributed by atoms with E-state index in [-0.39, 0.29) is 5.91 Å². The summed E-state index contributed by atoms with van der Waals surface area (Å²) in [6.45, 7) is 7.85. The van der Waals surface area contributed by atoms with Crippen LogP contribution in [0.5, 0.6) is 0 Å². The molecule has 0 unspecified atom stereocenters. The van der Waals surface area contributed by atoms with Gasteiger partial charge in [0.25, 0.3) is 5.91 Å². The third-order valence-corrected chi connectivity index (χ3v) is 6.26. The number of carbonyl (C=O) groups is 1. The van der Waals surface area contributed by atoms with E-state index in [1.54, 1.807) is 0 Å². The van der Waals surface area contributed by atoms with E-state index in [0.29, 0.717) is 16.9 Å². The molecule has 0 atom stereocenters. The largest absolute Gasteiger partial charge is 0.398 e. The van der Waals surface area contributed by atoms with Gasteiger partial charge in [0.1, 0.15) is 0 Å². The fourth-order valence-electron chi connectivity index (χ4n) is 4.45. The van der Waals surface area contributed by atoms with E-state index in [9.17, 15) is 4.79 Å². The number of nitrogen functional groups attached to an aromatic ring is 2. The van der Waals surface area contributed by atoms with Crippen LogP contribution < -0.4 is 16.8 Å². The number of nitrogens with two attached hydrogens (primary N) is 2. The molecule has 4 heteroatoms. The first-order chi connectivity index (χ1) is 15.8. The lowest BCUT2D eigenvalue weighted by molar-refractivity contribution is 0.102. The van der Waals surface area contributed by atoms with Crippen LogP contribution in [0, 0.1) is 27.7 Å². The molecular formula is C29H29N3O. The Balaban J connectivity index is 2.00. The molecule has 4 aromatic rings. The zero-order valence-corrected chi connectivity index (χ0v) is 19.5. The SMILES string of the molecule is Cc1cc(NC(=O)c2c(-c3ccccc3)c(C)c(N)c(C)c2-c2ccccc2)cc(C)c1N. The van der Waals surface area contributed by atoms with Gasteiger partial charge in [-0.3, -0.25) is 4.79 Å². The normalized spacial score (nSPS) is 10.8. The van der Waals surface area contributed by atoms with E-state index in [4.69, 9.17) is 11.5 Å². The first-order valence-electron chi connectivity index (χ1n) is 11.0. The molecule has 0 aliphatic heterocycles. The van der Waals surface area contributed by atoms with Gasteiger partial charge in [0, 0.05) is 28.2 Å². The zero-order valence-electron chi connectivity index (χ0n) is 19.5. The molecule has 166 valence electrons. The minimum Gasteiger partial charge on any atom is -0.398 e. The molecular weight excluding hydrogens is 406 g/mol. The fraction of sp³-hybridized carbons (Fsp3) is 0.138. The van der Waals surface area contributed by atoms with Crippen molar-refractivity contribution >= 4 is 23.0 Å². The van der Waals surface area contributed by atoms with Gasteiger partial charge in [0.15, 0.2) is 0 Å². The maximum Gasteiger partial charge on any atom is 0.256 e. The van der Waals surface area contributed by atoms with Crippen molar-refractivity contribution in [1.29, 1.82) is 0 Å². The summed E-state index contributed by atoms with van der Waals surface area (Å²) in [4.78, 5) is 13.9. The van der Waals surface area contributed by atoms with Crippen molar-refractivity contribution in [2.45, 2.75) is 27.7 Å². The Labute approximate surface area is 195 Å². The van der Waals surface area contributed by atoms with Gasteiger partial charge in [0.2, 0.25) is 0 Å². The summed E-state index contributed by atoms with van der Waals surface area (Å²) < 4.78 is 0. The average Bonchev–Trinajstić information content (AvgIpc) is 2.81. The Morgan fingerprint density at radius 3 is 1.52 bits per heavy atom. The van der Waals surface area contributed by atoms with Gasteiger partial charge in [-0.2, -0.15) is 0 Å². The van der Waals surface area contributed by atoms with Crippen LogP contribution in [-0.2, 0) is 0 Å². The zero-order chi connectivity index (χ0) is 23.7. The fourth-order valence-corrected chi connectivity index (χ4v) is 4.45. The molecule has 5 N–H and O–H groups in total. The maximum atomic E-state index is 13.9. The molecule has 4 nitrogen and oxygen atoms in total. The van der Waals surface area contributed by atoms with Crippen molar-refractivity contribution in [2.75, 3.05) is 16.8 Å². The monoisotopic (exact) mass is 435 g/mol. The van der Waals surface area contributed by atoms with Gasteiger partial charge in [-0.25, -0.2) is 0 Å². The van der Waals surface area contributed by atoms with Crippen LogP contribution in [0.3, 0.4) is 0 Å². The molecule has 0 aromatic heterocycles. The lowest BCUT2D eigenvalue weighted by Crippen LogP contribution is -2.17. The number of amides is 1. The molecule has 0 fully saturated rings. The van der Waals surface area contributed by atoms with E-state index in [2.05, 4.69) is 5.32 Å².